The standard InChI is InChI=1S/C47H45F3N8O6/c1-46(64-44(51)61,33-13-7-4-8-14-33)43(60)58-26-10-16-36(58)41-54-37(39(56-41)47(48,49)50)32-23-19-29(20-24-32)28-17-21-30(22-18-28)34-27-52-40(53-34)35-15-9-25-57(35)42(59)38(55-45(62)63-2)31-11-5-3-6-12-31/h3-8,11-14,17-24,27,35-36,38H,9-10,15-16,25-26H2,1-2H3,(H2,51,61)(H,52,53)(H,54,56)(H,55,62)/t35?,36-,38?,46+/m0/s1. The minimum atomic E-state index is -4.79. The molecule has 2 saturated heterocycles. The number of likely N-dealkylation sites (tertiary alicyclic amines) is 2. The number of carbonyl (C=O) groups is 4. The van der Waals surface area contributed by atoms with Crippen molar-refractivity contribution < 1.29 is 41.8 Å². The number of hydrogen-bond acceptors (Lipinski definition) is 8. The molecule has 5 N–H and O–H groups in total. The van der Waals surface area contributed by atoms with E-state index in [1.807, 2.05) is 30.3 Å². The number of aromatic amines is 2. The van der Waals surface area contributed by atoms with E-state index in [2.05, 4.69) is 25.3 Å². The SMILES string of the molecule is COC(=O)NC(C(=O)N1CCCC1c1ncc(-c2ccc(-c3ccc(-c4nc([C@@H]5CCCN5C(=O)[C@](C)(OC(N)=O)c5ccccc5)[nH]c4C(F)(F)F)cc3)cc2)[nH]1)c1ccccc1. The number of primary amides is 1. The summed E-state index contributed by atoms with van der Waals surface area (Å²) in [6, 6.07) is 29.3. The second kappa shape index (κ2) is 17.7. The molecule has 4 atom stereocenters. The molecule has 0 bridgehead atoms. The predicted octanol–water partition coefficient (Wildman–Crippen LogP) is 8.59. The van der Waals surface area contributed by atoms with Gasteiger partial charge < -0.3 is 40.3 Å². The maximum atomic E-state index is 14.6. The number of benzene rings is 4. The Morgan fingerprint density at radius 3 is 1.92 bits per heavy atom. The molecule has 2 aliphatic rings. The van der Waals surface area contributed by atoms with Crippen molar-refractivity contribution in [1.29, 1.82) is 0 Å². The highest BCUT2D eigenvalue weighted by Crippen LogP contribution is 2.42. The molecule has 2 aliphatic heterocycles. The van der Waals surface area contributed by atoms with Crippen molar-refractivity contribution in [3.8, 4) is 33.6 Å². The normalized spacial score (nSPS) is 17.7. The van der Waals surface area contributed by atoms with Gasteiger partial charge in [-0.05, 0) is 54.9 Å². The fourth-order valence-corrected chi connectivity index (χ4v) is 8.62. The zero-order valence-corrected chi connectivity index (χ0v) is 34.9. The van der Waals surface area contributed by atoms with Gasteiger partial charge in [-0.15, -0.1) is 0 Å². The highest BCUT2D eigenvalue weighted by atomic mass is 19.4. The lowest BCUT2D eigenvalue weighted by molar-refractivity contribution is -0.151. The van der Waals surface area contributed by atoms with Gasteiger partial charge in [0, 0.05) is 24.2 Å². The minimum absolute atomic E-state index is 0.0384. The molecule has 4 heterocycles. The van der Waals surface area contributed by atoms with Crippen LogP contribution < -0.4 is 11.1 Å². The number of halogens is 3. The molecule has 6 aromatic rings. The third-order valence-electron chi connectivity index (χ3n) is 11.8. The fourth-order valence-electron chi connectivity index (χ4n) is 8.62. The molecule has 14 nitrogen and oxygen atoms in total. The zero-order valence-electron chi connectivity index (χ0n) is 34.9. The summed E-state index contributed by atoms with van der Waals surface area (Å²) in [6.07, 6.45) is -2.73. The van der Waals surface area contributed by atoms with E-state index in [1.165, 1.54) is 18.9 Å². The summed E-state index contributed by atoms with van der Waals surface area (Å²) < 4.78 is 54.0. The van der Waals surface area contributed by atoms with Crippen molar-refractivity contribution in [2.45, 2.75) is 62.5 Å². The van der Waals surface area contributed by atoms with Gasteiger partial charge in [-0.2, -0.15) is 13.2 Å². The van der Waals surface area contributed by atoms with Crippen molar-refractivity contribution in [3.05, 3.63) is 144 Å². The van der Waals surface area contributed by atoms with E-state index in [1.54, 1.807) is 90.0 Å². The van der Waals surface area contributed by atoms with Crippen LogP contribution in [0.1, 0.15) is 79.2 Å². The van der Waals surface area contributed by atoms with Crippen LogP contribution in [0.2, 0.25) is 0 Å². The van der Waals surface area contributed by atoms with E-state index in [0.717, 1.165) is 28.8 Å². The van der Waals surface area contributed by atoms with E-state index >= 15 is 0 Å². The first-order valence-corrected chi connectivity index (χ1v) is 20.7. The molecule has 8 rings (SSSR count). The summed E-state index contributed by atoms with van der Waals surface area (Å²) in [5.41, 5.74) is 6.52. The number of nitrogens with zero attached hydrogens (tertiary/aromatic N) is 4. The van der Waals surface area contributed by atoms with Gasteiger partial charge in [0.25, 0.3) is 11.8 Å². The van der Waals surface area contributed by atoms with E-state index < -0.39 is 47.6 Å². The molecule has 17 heteroatoms. The molecule has 4 aromatic carbocycles. The molecule has 0 saturated carbocycles. The highest BCUT2D eigenvalue weighted by Gasteiger charge is 2.47. The quantitative estimate of drug-likeness (QED) is 0.0996. The maximum Gasteiger partial charge on any atom is 0.433 e. The van der Waals surface area contributed by atoms with Gasteiger partial charge in [-0.1, -0.05) is 109 Å². The Morgan fingerprint density at radius 2 is 1.33 bits per heavy atom. The van der Waals surface area contributed by atoms with Crippen molar-refractivity contribution >= 4 is 24.0 Å². The van der Waals surface area contributed by atoms with Crippen LogP contribution in [0.5, 0.6) is 0 Å². The molecule has 64 heavy (non-hydrogen) atoms. The van der Waals surface area contributed by atoms with Crippen LogP contribution in [0, 0.1) is 0 Å². The first kappa shape index (κ1) is 43.2. The third-order valence-corrected chi connectivity index (χ3v) is 11.8. The smallest absolute Gasteiger partial charge is 0.433 e. The van der Waals surface area contributed by atoms with Crippen LogP contribution in [0.25, 0.3) is 33.6 Å². The lowest BCUT2D eigenvalue weighted by Crippen LogP contribution is -2.48. The first-order chi connectivity index (χ1) is 30.7. The molecule has 2 unspecified atom stereocenters. The Morgan fingerprint density at radius 1 is 0.766 bits per heavy atom. The summed E-state index contributed by atoms with van der Waals surface area (Å²) in [4.78, 5) is 70.3. The molecule has 0 radical (unpaired) electrons. The van der Waals surface area contributed by atoms with Gasteiger partial charge in [0.1, 0.15) is 29.1 Å². The molecular formula is C47H45F3N8O6. The predicted molar refractivity (Wildman–Crippen MR) is 229 cm³/mol. The van der Waals surface area contributed by atoms with Crippen molar-refractivity contribution in [2.24, 2.45) is 5.73 Å². The Hall–Kier alpha value is -7.43. The number of nitrogens with two attached hydrogens (primary N) is 1. The highest BCUT2D eigenvalue weighted by molar-refractivity contribution is 5.89. The summed E-state index contributed by atoms with van der Waals surface area (Å²) in [5, 5.41) is 2.67. The van der Waals surface area contributed by atoms with Crippen molar-refractivity contribution in [1.82, 2.24) is 35.1 Å². The number of H-pyrrole nitrogens is 2. The molecule has 0 spiro atoms. The topological polar surface area (TPSA) is 189 Å². The van der Waals surface area contributed by atoms with Gasteiger partial charge in [-0.25, -0.2) is 19.6 Å². The van der Waals surface area contributed by atoms with Crippen LogP contribution in [0.15, 0.2) is 115 Å². The van der Waals surface area contributed by atoms with Gasteiger partial charge in [0.05, 0.1) is 31.1 Å². The van der Waals surface area contributed by atoms with Crippen LogP contribution in [-0.2, 0) is 30.8 Å². The number of carbonyl (C=O) groups excluding carboxylic acids is 4. The Labute approximate surface area is 366 Å². The number of nitrogens with one attached hydrogen (secondary N) is 3. The number of hydrogen-bond donors (Lipinski definition) is 4. The van der Waals surface area contributed by atoms with E-state index in [9.17, 15) is 32.3 Å². The molecular weight excluding hydrogens is 830 g/mol. The lowest BCUT2D eigenvalue weighted by atomic mass is 9.93. The van der Waals surface area contributed by atoms with Gasteiger partial charge in [0.2, 0.25) is 5.60 Å². The number of rotatable bonds is 11. The van der Waals surface area contributed by atoms with Gasteiger partial charge >= 0.3 is 18.4 Å². The average molecular weight is 875 g/mol. The molecule has 2 aromatic heterocycles. The monoisotopic (exact) mass is 874 g/mol. The van der Waals surface area contributed by atoms with E-state index in [-0.39, 0.29) is 35.6 Å². The lowest BCUT2D eigenvalue weighted by Gasteiger charge is -2.34. The van der Waals surface area contributed by atoms with E-state index in [4.69, 9.17) is 15.2 Å². The number of imidazole rings is 2. The minimum Gasteiger partial charge on any atom is -0.453 e. The number of methoxy groups -OCH3 is 1. The summed E-state index contributed by atoms with van der Waals surface area (Å²) in [7, 11) is 1.24. The summed E-state index contributed by atoms with van der Waals surface area (Å²) >= 11 is 0. The number of alkyl carbamates (subject to hydrolysis) is 1. The van der Waals surface area contributed by atoms with Crippen LogP contribution in [0.4, 0.5) is 22.8 Å². The van der Waals surface area contributed by atoms with Crippen LogP contribution >= 0.6 is 0 Å². The van der Waals surface area contributed by atoms with Crippen molar-refractivity contribution in [2.75, 3.05) is 20.2 Å². The fraction of sp³-hybridized carbons (Fsp3) is 0.277. The molecule has 2 fully saturated rings. The van der Waals surface area contributed by atoms with Gasteiger partial charge in [-0.3, -0.25) is 9.59 Å². The maximum absolute atomic E-state index is 14.6. The first-order valence-electron chi connectivity index (χ1n) is 20.7. The van der Waals surface area contributed by atoms with Crippen LogP contribution in [-0.4, -0.2) is 73.9 Å². The molecule has 4 amide bonds. The average Bonchev–Trinajstić information content (AvgIpc) is 4.15. The second-order valence-corrected chi connectivity index (χ2v) is 15.8. The zero-order chi connectivity index (χ0) is 45.2. The molecule has 330 valence electrons. The van der Waals surface area contributed by atoms with E-state index in [0.29, 0.717) is 42.8 Å². The van der Waals surface area contributed by atoms with Crippen molar-refractivity contribution in [3.63, 3.8) is 0 Å². The second-order valence-electron chi connectivity index (χ2n) is 15.8. The number of ether oxygens (including phenoxy) is 2. The number of aromatic nitrogens is 4. The summed E-state index contributed by atoms with van der Waals surface area (Å²) in [6.45, 7) is 2.10. The number of alkyl halides is 3. The molecule has 0 aliphatic carbocycles. The third kappa shape index (κ3) is 8.65. The Balaban J connectivity index is 0.990. The van der Waals surface area contributed by atoms with Crippen LogP contribution in [0.3, 0.4) is 0 Å². The number of amides is 4. The Kier molecular flexibility index (Phi) is 12.0. The largest absolute Gasteiger partial charge is 0.453 e. The van der Waals surface area contributed by atoms with Gasteiger partial charge in [0.15, 0.2) is 0 Å². The summed E-state index contributed by atoms with van der Waals surface area (Å²) in [5.74, 6) is -0.336. The Bertz CT molecular complexity index is 2640.